The largest absolute Gasteiger partial charge is 0.458 e. The number of benzene rings is 1. The molecule has 3 aromatic rings. The second kappa shape index (κ2) is 8.44. The van der Waals surface area contributed by atoms with E-state index in [0.717, 1.165) is 28.5 Å². The molecule has 0 unspecified atom stereocenters. The van der Waals surface area contributed by atoms with E-state index < -0.39 is 23.0 Å². The number of aromatic nitrogens is 2. The first-order chi connectivity index (χ1) is 19.1. The Hall–Kier alpha value is -3.63. The quantitative estimate of drug-likeness (QED) is 0.335. The first-order valence-electron chi connectivity index (χ1n) is 13.9. The van der Waals surface area contributed by atoms with Crippen LogP contribution in [0.15, 0.2) is 16.9 Å². The molecule has 7 rings (SSSR count). The van der Waals surface area contributed by atoms with Crippen LogP contribution in [0, 0.1) is 18.2 Å². The highest BCUT2D eigenvalue weighted by molar-refractivity contribution is 5.94. The van der Waals surface area contributed by atoms with Crippen LogP contribution in [0.1, 0.15) is 78.5 Å². The third-order valence-electron chi connectivity index (χ3n) is 9.78. The van der Waals surface area contributed by atoms with Crippen LogP contribution in [0.2, 0.25) is 0 Å². The second-order valence-corrected chi connectivity index (χ2v) is 11.7. The van der Waals surface area contributed by atoms with Crippen molar-refractivity contribution in [3.8, 4) is 11.4 Å². The number of hydrogen-bond donors (Lipinski definition) is 3. The van der Waals surface area contributed by atoms with Crippen molar-refractivity contribution in [3.63, 3.8) is 0 Å². The molecular formula is C30H30FN3O6. The Morgan fingerprint density at radius 1 is 1.25 bits per heavy atom. The number of nitrogens with one attached hydrogen (secondary N) is 1. The molecule has 40 heavy (non-hydrogen) atoms. The van der Waals surface area contributed by atoms with Gasteiger partial charge in [-0.15, -0.1) is 0 Å². The van der Waals surface area contributed by atoms with Gasteiger partial charge in [0.2, 0.25) is 5.91 Å². The van der Waals surface area contributed by atoms with Crippen molar-refractivity contribution in [2.45, 2.75) is 77.2 Å². The summed E-state index contributed by atoms with van der Waals surface area (Å²) in [6.07, 6.45) is 3.25. The summed E-state index contributed by atoms with van der Waals surface area (Å²) in [5.74, 6) is -1.37. The molecule has 0 bridgehead atoms. The zero-order chi connectivity index (χ0) is 28.1. The van der Waals surface area contributed by atoms with Crippen LogP contribution >= 0.6 is 0 Å². The highest BCUT2D eigenvalue weighted by atomic mass is 19.1. The van der Waals surface area contributed by atoms with E-state index in [1.807, 2.05) is 0 Å². The molecule has 0 saturated heterocycles. The smallest absolute Gasteiger partial charge is 0.343 e. The molecule has 2 aromatic heterocycles. The number of carbonyl (C=O) groups excluding carboxylic acids is 2. The van der Waals surface area contributed by atoms with Gasteiger partial charge in [0.05, 0.1) is 47.1 Å². The molecule has 4 heterocycles. The maximum Gasteiger partial charge on any atom is 0.343 e. The minimum absolute atomic E-state index is 0.0273. The average molecular weight is 548 g/mol. The third-order valence-corrected chi connectivity index (χ3v) is 9.78. The number of hydrogen-bond acceptors (Lipinski definition) is 7. The number of carbonyl (C=O) groups is 2. The number of cyclic esters (lactones) is 1. The molecule has 3 N–H and O–H groups in total. The summed E-state index contributed by atoms with van der Waals surface area (Å²) in [4.78, 5) is 44.5. The predicted molar refractivity (Wildman–Crippen MR) is 142 cm³/mol. The number of nitrogens with zero attached hydrogens (tertiary/aromatic N) is 2. The van der Waals surface area contributed by atoms with Crippen LogP contribution in [-0.4, -0.2) is 38.2 Å². The fourth-order valence-electron chi connectivity index (χ4n) is 7.07. The number of aliphatic hydroxyl groups excluding tert-OH is 1. The Morgan fingerprint density at radius 2 is 2.02 bits per heavy atom. The van der Waals surface area contributed by atoms with E-state index in [1.54, 1.807) is 24.5 Å². The zero-order valence-corrected chi connectivity index (χ0v) is 22.4. The van der Waals surface area contributed by atoms with E-state index in [2.05, 4.69) is 5.32 Å². The molecular weight excluding hydrogens is 517 g/mol. The lowest BCUT2D eigenvalue weighted by Crippen LogP contribution is -2.49. The van der Waals surface area contributed by atoms with Crippen molar-refractivity contribution in [1.82, 2.24) is 14.9 Å². The lowest BCUT2D eigenvalue weighted by Gasteiger charge is -2.40. The van der Waals surface area contributed by atoms with Gasteiger partial charge >= 0.3 is 5.97 Å². The number of aliphatic hydroxyl groups is 2. The Balaban J connectivity index is 1.46. The minimum atomic E-state index is -1.95. The fraction of sp³-hybridized carbons (Fsp3) is 0.467. The van der Waals surface area contributed by atoms with Gasteiger partial charge < -0.3 is 24.8 Å². The molecule has 1 fully saturated rings. The summed E-state index contributed by atoms with van der Waals surface area (Å²) in [7, 11) is 0. The number of esters is 1. The predicted octanol–water partition coefficient (Wildman–Crippen LogP) is 2.79. The number of fused-ring (bicyclic) bond motifs is 5. The van der Waals surface area contributed by atoms with E-state index in [-0.39, 0.29) is 54.6 Å². The Morgan fingerprint density at radius 3 is 2.70 bits per heavy atom. The van der Waals surface area contributed by atoms with Gasteiger partial charge in [0.25, 0.3) is 5.56 Å². The molecule has 0 spiro atoms. The number of rotatable bonds is 4. The van der Waals surface area contributed by atoms with E-state index in [9.17, 15) is 24.6 Å². The molecule has 0 radical (unpaired) electrons. The summed E-state index contributed by atoms with van der Waals surface area (Å²) < 4.78 is 21.8. The summed E-state index contributed by atoms with van der Waals surface area (Å²) in [6, 6.07) is 2.61. The topological polar surface area (TPSA) is 131 Å². The van der Waals surface area contributed by atoms with Crippen molar-refractivity contribution < 1.29 is 28.9 Å². The number of aryl methyl sites for hydroxylation is 1. The van der Waals surface area contributed by atoms with Gasteiger partial charge in [0, 0.05) is 22.6 Å². The van der Waals surface area contributed by atoms with Crippen LogP contribution in [0.5, 0.6) is 0 Å². The summed E-state index contributed by atoms with van der Waals surface area (Å²) >= 11 is 0. The maximum atomic E-state index is 15.1. The number of ether oxygens (including phenoxy) is 1. The summed E-state index contributed by atoms with van der Waals surface area (Å²) in [6.45, 7) is 3.12. The third kappa shape index (κ3) is 3.14. The molecule has 9 nitrogen and oxygen atoms in total. The molecule has 4 aliphatic rings. The van der Waals surface area contributed by atoms with Gasteiger partial charge in [-0.25, -0.2) is 14.2 Å². The number of pyridine rings is 2. The molecule has 1 aromatic carbocycles. The second-order valence-electron chi connectivity index (χ2n) is 11.7. The van der Waals surface area contributed by atoms with Gasteiger partial charge in [0.1, 0.15) is 12.4 Å². The van der Waals surface area contributed by atoms with E-state index in [0.29, 0.717) is 48.2 Å². The Labute approximate surface area is 229 Å². The summed E-state index contributed by atoms with van der Waals surface area (Å²) in [5, 5.41) is 25.2. The highest BCUT2D eigenvalue weighted by Gasteiger charge is 2.47. The monoisotopic (exact) mass is 547 g/mol. The van der Waals surface area contributed by atoms with E-state index in [4.69, 9.17) is 9.72 Å². The fourth-order valence-corrected chi connectivity index (χ4v) is 7.07. The maximum absolute atomic E-state index is 15.1. The van der Waals surface area contributed by atoms with Crippen molar-refractivity contribution >= 4 is 22.8 Å². The van der Waals surface area contributed by atoms with Crippen molar-refractivity contribution in [2.75, 3.05) is 6.61 Å². The SMILES string of the molecule is CC[C@@]1(O)C(=O)OCc2c1cc1n(c2=O)Cc2c-1nc1cc(F)c(C)c3c1c2[C@H](NC(=O)C1(CO)CCC1)CC3. The standard InChI is InChI=1S/C30H30FN3O6/c1-3-30(39)18-9-22-25-16(11-34(22)26(36)17(18)12-40-28(30)38)24-20(33-27(37)29(13-35)7-4-8-29)6-5-15-14(2)19(31)10-21(32-25)23(15)24/h9-10,20,35,39H,3-8,11-13H2,1-2H3,(H,33,37)/t20-,30+/m1/s1. The van der Waals surface area contributed by atoms with Crippen LogP contribution in [0.3, 0.4) is 0 Å². The minimum Gasteiger partial charge on any atom is -0.458 e. The molecule has 1 amide bonds. The normalized spacial score (nSPS) is 23.6. The van der Waals surface area contributed by atoms with Crippen molar-refractivity contribution in [2.24, 2.45) is 5.41 Å². The van der Waals surface area contributed by atoms with Crippen LogP contribution in [-0.2, 0) is 39.5 Å². The van der Waals surface area contributed by atoms with Gasteiger partial charge in [-0.05, 0) is 61.8 Å². The van der Waals surface area contributed by atoms with E-state index >= 15 is 4.39 Å². The lowest BCUT2D eigenvalue weighted by atomic mass is 9.68. The first kappa shape index (κ1) is 25.3. The zero-order valence-electron chi connectivity index (χ0n) is 22.4. The number of halogens is 1. The molecule has 2 aliphatic heterocycles. The Kier molecular flexibility index (Phi) is 5.35. The number of amides is 1. The molecule has 208 valence electrons. The van der Waals surface area contributed by atoms with Crippen LogP contribution < -0.4 is 10.9 Å². The molecule has 10 heteroatoms. The Bertz CT molecular complexity index is 1720. The molecule has 2 aliphatic carbocycles. The van der Waals surface area contributed by atoms with E-state index in [1.165, 1.54) is 6.07 Å². The first-order valence-corrected chi connectivity index (χ1v) is 13.9. The van der Waals surface area contributed by atoms with Crippen molar-refractivity contribution in [1.29, 1.82) is 0 Å². The van der Waals surface area contributed by atoms with Gasteiger partial charge in [-0.2, -0.15) is 0 Å². The molecule has 2 atom stereocenters. The highest BCUT2D eigenvalue weighted by Crippen LogP contribution is 2.47. The van der Waals surface area contributed by atoms with Gasteiger partial charge in [0.15, 0.2) is 5.60 Å². The van der Waals surface area contributed by atoms with Gasteiger partial charge in [-0.3, -0.25) is 9.59 Å². The van der Waals surface area contributed by atoms with Gasteiger partial charge in [-0.1, -0.05) is 13.3 Å². The van der Waals surface area contributed by atoms with Crippen LogP contribution in [0.4, 0.5) is 4.39 Å². The molecule has 1 saturated carbocycles. The summed E-state index contributed by atoms with van der Waals surface area (Å²) in [5.41, 5.74) is 1.58. The van der Waals surface area contributed by atoms with Crippen LogP contribution in [0.25, 0.3) is 22.3 Å². The lowest BCUT2D eigenvalue weighted by molar-refractivity contribution is -0.172. The average Bonchev–Trinajstić information content (AvgIpc) is 3.28. The van der Waals surface area contributed by atoms with Crippen molar-refractivity contribution in [3.05, 3.63) is 61.7 Å².